The molecule has 0 saturated carbocycles. The molecule has 28 heavy (non-hydrogen) atoms. The lowest BCUT2D eigenvalue weighted by molar-refractivity contribution is 0.627. The second-order valence-corrected chi connectivity index (χ2v) is 6.41. The molecule has 2 heterocycles. The minimum absolute atomic E-state index is 0.267. The van der Waals surface area contributed by atoms with Crippen molar-refractivity contribution in [3.63, 3.8) is 0 Å². The van der Waals surface area contributed by atoms with Gasteiger partial charge in [0, 0.05) is 23.3 Å². The summed E-state index contributed by atoms with van der Waals surface area (Å²) in [4.78, 5) is 13.0. The summed E-state index contributed by atoms with van der Waals surface area (Å²) in [5, 5.41) is 7.42. The minimum Gasteiger partial charge on any atom is -0.393 e. The van der Waals surface area contributed by atoms with Crippen molar-refractivity contribution in [1.82, 2.24) is 15.0 Å². The fourth-order valence-corrected chi connectivity index (χ4v) is 2.92. The molecule has 140 valence electrons. The van der Waals surface area contributed by atoms with Gasteiger partial charge in [0.15, 0.2) is 11.6 Å². The Balaban J connectivity index is 1.58. The highest BCUT2D eigenvalue weighted by molar-refractivity contribution is 5.94. The quantitative estimate of drug-likeness (QED) is 0.479. The predicted molar refractivity (Wildman–Crippen MR) is 110 cm³/mol. The molecule has 4 rings (SSSR count). The van der Waals surface area contributed by atoms with Gasteiger partial charge in [-0.25, -0.2) is 14.4 Å². The first kappa shape index (κ1) is 17.7. The van der Waals surface area contributed by atoms with E-state index >= 15 is 0 Å². The minimum atomic E-state index is -0.267. The third-order valence-corrected chi connectivity index (χ3v) is 4.38. The number of rotatable bonds is 5. The number of nitrogens with one attached hydrogen (secondary N) is 2. The van der Waals surface area contributed by atoms with Gasteiger partial charge in [-0.1, -0.05) is 18.2 Å². The lowest BCUT2D eigenvalue weighted by Gasteiger charge is -2.14. The van der Waals surface area contributed by atoms with Gasteiger partial charge in [0.1, 0.15) is 17.8 Å². The molecule has 6 nitrogen and oxygen atoms in total. The van der Waals surface area contributed by atoms with Gasteiger partial charge in [0.05, 0.1) is 5.52 Å². The Hall–Kier alpha value is -3.74. The summed E-state index contributed by atoms with van der Waals surface area (Å²) >= 11 is 0. The summed E-state index contributed by atoms with van der Waals surface area (Å²) in [7, 11) is 0. The summed E-state index contributed by atoms with van der Waals surface area (Å²) in [6, 6.07) is 16.1. The van der Waals surface area contributed by atoms with Crippen molar-refractivity contribution in [1.29, 1.82) is 0 Å². The Morgan fingerprint density at radius 3 is 2.57 bits per heavy atom. The van der Waals surface area contributed by atoms with Gasteiger partial charge in [-0.15, -0.1) is 0 Å². The van der Waals surface area contributed by atoms with E-state index in [1.54, 1.807) is 12.1 Å². The fourth-order valence-electron chi connectivity index (χ4n) is 2.92. The number of benzene rings is 2. The number of aromatic nitrogens is 3. The molecule has 4 aromatic rings. The van der Waals surface area contributed by atoms with Gasteiger partial charge in [-0.05, 0) is 48.9 Å². The van der Waals surface area contributed by atoms with Crippen molar-refractivity contribution >= 4 is 33.9 Å². The molecular formula is C21H19FN6. The number of fused-ring (bicyclic) bond motifs is 1. The number of hydrogen-bond donors (Lipinski definition) is 3. The lowest BCUT2D eigenvalue weighted by atomic mass is 10.1. The molecule has 0 bridgehead atoms. The molecule has 0 atom stereocenters. The normalized spacial score (nSPS) is 10.8. The summed E-state index contributed by atoms with van der Waals surface area (Å²) in [6.07, 6.45) is 1.44. The topological polar surface area (TPSA) is 88.8 Å². The van der Waals surface area contributed by atoms with Crippen LogP contribution in [0.25, 0.3) is 10.9 Å². The summed E-state index contributed by atoms with van der Waals surface area (Å²) in [5.74, 6) is 0.747. The zero-order valence-electron chi connectivity index (χ0n) is 15.3. The van der Waals surface area contributed by atoms with Crippen LogP contribution in [-0.2, 0) is 6.54 Å². The molecule has 2 aromatic carbocycles. The van der Waals surface area contributed by atoms with Crippen molar-refractivity contribution in [3.8, 4) is 0 Å². The number of nitrogen functional groups attached to an aromatic ring is 1. The molecule has 2 aromatic heterocycles. The van der Waals surface area contributed by atoms with Crippen LogP contribution in [0.1, 0.15) is 11.3 Å². The summed E-state index contributed by atoms with van der Waals surface area (Å²) < 4.78 is 13.0. The molecular weight excluding hydrogens is 355 g/mol. The fraction of sp³-hybridized carbons (Fsp3) is 0.0952. The molecule has 7 heteroatoms. The Morgan fingerprint density at radius 2 is 1.75 bits per heavy atom. The van der Waals surface area contributed by atoms with E-state index < -0.39 is 0 Å². The summed E-state index contributed by atoms with van der Waals surface area (Å²) in [6.45, 7) is 2.43. The van der Waals surface area contributed by atoms with Crippen LogP contribution in [0.15, 0.2) is 60.9 Å². The van der Waals surface area contributed by atoms with Gasteiger partial charge in [-0.3, -0.25) is 4.98 Å². The standard InChI is InChI=1S/C21H19FN6/c1-13-5-10-16-17(27-13)3-2-4-18(16)28-21-19(23)20(25-12-26-21)24-11-14-6-8-15(22)9-7-14/h2-10,12H,11,23H2,1H3,(H2,24,25,26,28). The van der Waals surface area contributed by atoms with Crippen LogP contribution < -0.4 is 16.4 Å². The van der Waals surface area contributed by atoms with E-state index in [1.165, 1.54) is 18.5 Å². The highest BCUT2D eigenvalue weighted by Crippen LogP contribution is 2.29. The average Bonchev–Trinajstić information content (AvgIpc) is 2.70. The number of aryl methyl sites for hydroxylation is 1. The molecule has 0 fully saturated rings. The number of anilines is 4. The molecule has 0 unspecified atom stereocenters. The second kappa shape index (κ2) is 7.48. The zero-order valence-corrected chi connectivity index (χ0v) is 15.3. The van der Waals surface area contributed by atoms with Gasteiger partial charge in [-0.2, -0.15) is 0 Å². The van der Waals surface area contributed by atoms with E-state index in [0.29, 0.717) is 23.9 Å². The van der Waals surface area contributed by atoms with E-state index in [9.17, 15) is 4.39 Å². The maximum Gasteiger partial charge on any atom is 0.159 e. The highest BCUT2D eigenvalue weighted by Gasteiger charge is 2.10. The monoisotopic (exact) mass is 374 g/mol. The smallest absolute Gasteiger partial charge is 0.159 e. The van der Waals surface area contributed by atoms with Crippen molar-refractivity contribution in [2.75, 3.05) is 16.4 Å². The SMILES string of the molecule is Cc1ccc2c(Nc3ncnc(NCc4ccc(F)cc4)c3N)cccc2n1. The maximum absolute atomic E-state index is 13.0. The van der Waals surface area contributed by atoms with E-state index in [-0.39, 0.29) is 5.82 Å². The zero-order chi connectivity index (χ0) is 19.5. The van der Waals surface area contributed by atoms with E-state index in [1.807, 2.05) is 37.3 Å². The molecule has 0 aliphatic rings. The van der Waals surface area contributed by atoms with Crippen molar-refractivity contribution in [2.24, 2.45) is 0 Å². The third-order valence-electron chi connectivity index (χ3n) is 4.38. The molecule has 0 aliphatic carbocycles. The second-order valence-electron chi connectivity index (χ2n) is 6.41. The predicted octanol–water partition coefficient (Wildman–Crippen LogP) is 4.41. The first-order valence-corrected chi connectivity index (χ1v) is 8.82. The Morgan fingerprint density at radius 1 is 0.964 bits per heavy atom. The van der Waals surface area contributed by atoms with E-state index in [2.05, 4.69) is 25.6 Å². The lowest BCUT2D eigenvalue weighted by Crippen LogP contribution is -2.08. The Kier molecular flexibility index (Phi) is 4.72. The van der Waals surface area contributed by atoms with Crippen molar-refractivity contribution in [2.45, 2.75) is 13.5 Å². The first-order chi connectivity index (χ1) is 13.6. The largest absolute Gasteiger partial charge is 0.393 e. The number of nitrogens with two attached hydrogens (primary N) is 1. The van der Waals surface area contributed by atoms with Crippen LogP contribution in [-0.4, -0.2) is 15.0 Å². The highest BCUT2D eigenvalue weighted by atomic mass is 19.1. The number of pyridine rings is 1. The molecule has 0 aliphatic heterocycles. The van der Waals surface area contributed by atoms with Gasteiger partial charge >= 0.3 is 0 Å². The molecule has 0 spiro atoms. The molecule has 0 radical (unpaired) electrons. The average molecular weight is 374 g/mol. The van der Waals surface area contributed by atoms with Crippen LogP contribution in [0.4, 0.5) is 27.4 Å². The third kappa shape index (κ3) is 3.68. The summed E-state index contributed by atoms with van der Waals surface area (Å²) in [5.41, 5.74) is 10.3. The first-order valence-electron chi connectivity index (χ1n) is 8.82. The number of nitrogens with zero attached hydrogens (tertiary/aromatic N) is 3. The van der Waals surface area contributed by atoms with E-state index in [0.717, 1.165) is 27.8 Å². The van der Waals surface area contributed by atoms with Gasteiger partial charge in [0.2, 0.25) is 0 Å². The Bertz CT molecular complexity index is 1130. The molecule has 4 N–H and O–H groups in total. The number of hydrogen-bond acceptors (Lipinski definition) is 6. The molecule has 0 amide bonds. The van der Waals surface area contributed by atoms with Crippen molar-refractivity contribution in [3.05, 3.63) is 78.0 Å². The van der Waals surface area contributed by atoms with Gasteiger partial charge < -0.3 is 16.4 Å². The van der Waals surface area contributed by atoms with Gasteiger partial charge in [0.25, 0.3) is 0 Å². The van der Waals surface area contributed by atoms with Crippen LogP contribution >= 0.6 is 0 Å². The molecule has 0 saturated heterocycles. The number of halogens is 1. The van der Waals surface area contributed by atoms with Crippen LogP contribution in [0, 0.1) is 12.7 Å². The van der Waals surface area contributed by atoms with Crippen LogP contribution in [0.5, 0.6) is 0 Å². The van der Waals surface area contributed by atoms with Crippen LogP contribution in [0.2, 0.25) is 0 Å². The Labute approximate surface area is 161 Å². The van der Waals surface area contributed by atoms with Crippen molar-refractivity contribution < 1.29 is 4.39 Å². The maximum atomic E-state index is 13.0. The van der Waals surface area contributed by atoms with E-state index in [4.69, 9.17) is 5.73 Å². The van der Waals surface area contributed by atoms with Crippen LogP contribution in [0.3, 0.4) is 0 Å².